The first-order valence-electron chi connectivity index (χ1n) is 3.25. The van der Waals surface area contributed by atoms with E-state index in [1.54, 1.807) is 18.3 Å². The Balaban J connectivity index is 0.00000121. The highest BCUT2D eigenvalue weighted by Gasteiger charge is 2.03. The van der Waals surface area contributed by atoms with E-state index in [0.29, 0.717) is 5.56 Å². The zero-order valence-electron chi connectivity index (χ0n) is 6.90. The molecule has 0 saturated carbocycles. The smallest absolute Gasteiger partial charge is 0.337 e. The molecule has 3 nitrogen and oxygen atoms in total. The van der Waals surface area contributed by atoms with Gasteiger partial charge >= 0.3 is 5.97 Å². The number of aromatic nitrogens is 1. The fourth-order valence-electron chi connectivity index (χ4n) is 0.790. The highest BCUT2D eigenvalue weighted by atomic mass is 35.5. The molecule has 1 aromatic rings. The Bertz CT molecular complexity index is 276. The normalized spacial score (nSPS) is 8.50. The summed E-state index contributed by atoms with van der Waals surface area (Å²) in [5.41, 5.74) is 1.35. The minimum absolute atomic E-state index is 0. The molecule has 0 aliphatic rings. The molecule has 0 aromatic carbocycles. The Hall–Kier alpha value is -1.09. The quantitative estimate of drug-likeness (QED) is 0.627. The van der Waals surface area contributed by atoms with Crippen molar-refractivity contribution in [1.82, 2.24) is 4.98 Å². The first-order chi connectivity index (χ1) is 5.24. The molecule has 4 heteroatoms. The summed E-state index contributed by atoms with van der Waals surface area (Å²) in [5.74, 6) is -0.324. The standard InChI is InChI=1S/C8H9NO2.ClH/c1-6-5-7(3-4-9-6)8(10)11-2;/h3-5H,1-2H3;1H. The van der Waals surface area contributed by atoms with Crippen LogP contribution in [0.15, 0.2) is 18.3 Å². The molecule has 0 aliphatic carbocycles. The molecule has 0 atom stereocenters. The number of rotatable bonds is 1. The molecule has 1 heterocycles. The largest absolute Gasteiger partial charge is 0.465 e. The molecule has 66 valence electrons. The summed E-state index contributed by atoms with van der Waals surface area (Å²) in [6.45, 7) is 1.83. The van der Waals surface area contributed by atoms with Gasteiger partial charge in [0.1, 0.15) is 0 Å². The van der Waals surface area contributed by atoms with Gasteiger partial charge in [0, 0.05) is 11.9 Å². The lowest BCUT2D eigenvalue weighted by Crippen LogP contribution is -2.01. The molecule has 0 radical (unpaired) electrons. The summed E-state index contributed by atoms with van der Waals surface area (Å²) in [7, 11) is 1.36. The Morgan fingerprint density at radius 3 is 2.75 bits per heavy atom. The van der Waals surface area contributed by atoms with Gasteiger partial charge in [0.05, 0.1) is 12.7 Å². The average Bonchev–Trinajstić information content (AvgIpc) is 2.03. The molecule has 1 rings (SSSR count). The summed E-state index contributed by atoms with van der Waals surface area (Å²) >= 11 is 0. The molecule has 0 fully saturated rings. The number of methoxy groups -OCH3 is 1. The number of carbonyl (C=O) groups is 1. The van der Waals surface area contributed by atoms with Crippen LogP contribution in [-0.4, -0.2) is 18.1 Å². The van der Waals surface area contributed by atoms with Crippen LogP contribution in [0.1, 0.15) is 16.1 Å². The molecule has 1 aromatic heterocycles. The number of ether oxygens (including phenoxy) is 1. The number of nitrogens with zero attached hydrogens (tertiary/aromatic N) is 1. The van der Waals surface area contributed by atoms with Crippen LogP contribution in [0.2, 0.25) is 0 Å². The van der Waals surface area contributed by atoms with Gasteiger partial charge in [0.15, 0.2) is 0 Å². The molecule has 0 bridgehead atoms. The van der Waals surface area contributed by atoms with Crippen LogP contribution in [0, 0.1) is 6.92 Å². The Morgan fingerprint density at radius 2 is 2.25 bits per heavy atom. The molecular formula is C8H10ClNO2. The van der Waals surface area contributed by atoms with Gasteiger partial charge in [-0.05, 0) is 19.1 Å². The topological polar surface area (TPSA) is 39.2 Å². The summed E-state index contributed by atoms with van der Waals surface area (Å²) < 4.78 is 4.52. The SMILES string of the molecule is COC(=O)c1ccnc(C)c1.Cl. The third-order valence-corrected chi connectivity index (χ3v) is 1.32. The van der Waals surface area contributed by atoms with Crippen molar-refractivity contribution < 1.29 is 9.53 Å². The monoisotopic (exact) mass is 187 g/mol. The van der Waals surface area contributed by atoms with Gasteiger partial charge in [-0.15, -0.1) is 12.4 Å². The van der Waals surface area contributed by atoms with E-state index in [1.165, 1.54) is 7.11 Å². The van der Waals surface area contributed by atoms with Gasteiger partial charge in [0.2, 0.25) is 0 Å². The number of pyridine rings is 1. The zero-order chi connectivity index (χ0) is 8.27. The Morgan fingerprint density at radius 1 is 1.58 bits per heavy atom. The second-order valence-electron chi connectivity index (χ2n) is 2.18. The lowest BCUT2D eigenvalue weighted by molar-refractivity contribution is 0.0600. The Kier molecular flexibility index (Phi) is 4.29. The molecule has 0 amide bonds. The lowest BCUT2D eigenvalue weighted by Gasteiger charge is -1.97. The number of aryl methyl sites for hydroxylation is 1. The number of hydrogen-bond acceptors (Lipinski definition) is 3. The third-order valence-electron chi connectivity index (χ3n) is 1.32. The summed E-state index contributed by atoms with van der Waals surface area (Å²) in [5, 5.41) is 0. The van der Waals surface area contributed by atoms with Crippen LogP contribution in [-0.2, 0) is 4.74 Å². The van der Waals surface area contributed by atoms with Crippen LogP contribution in [0.4, 0.5) is 0 Å². The van der Waals surface area contributed by atoms with E-state index in [2.05, 4.69) is 9.72 Å². The van der Waals surface area contributed by atoms with Crippen molar-refractivity contribution in [1.29, 1.82) is 0 Å². The van der Waals surface area contributed by atoms with E-state index in [9.17, 15) is 4.79 Å². The van der Waals surface area contributed by atoms with Crippen molar-refractivity contribution in [3.05, 3.63) is 29.6 Å². The molecule has 0 aliphatic heterocycles. The van der Waals surface area contributed by atoms with Gasteiger partial charge in [-0.25, -0.2) is 4.79 Å². The molecule has 0 N–H and O–H groups in total. The van der Waals surface area contributed by atoms with Crippen LogP contribution in [0.5, 0.6) is 0 Å². The van der Waals surface area contributed by atoms with Crippen LogP contribution < -0.4 is 0 Å². The van der Waals surface area contributed by atoms with Crippen LogP contribution in [0.3, 0.4) is 0 Å². The van der Waals surface area contributed by atoms with Crippen molar-refractivity contribution in [3.63, 3.8) is 0 Å². The first kappa shape index (κ1) is 10.9. The fraction of sp³-hybridized carbons (Fsp3) is 0.250. The zero-order valence-corrected chi connectivity index (χ0v) is 7.72. The van der Waals surface area contributed by atoms with Gasteiger partial charge in [0.25, 0.3) is 0 Å². The van der Waals surface area contributed by atoms with Crippen molar-refractivity contribution in [2.24, 2.45) is 0 Å². The predicted molar refractivity (Wildman–Crippen MR) is 47.6 cm³/mol. The number of carbonyl (C=O) groups excluding carboxylic acids is 1. The highest BCUT2D eigenvalue weighted by Crippen LogP contribution is 2.01. The van der Waals surface area contributed by atoms with E-state index in [4.69, 9.17) is 0 Å². The van der Waals surface area contributed by atoms with Gasteiger partial charge < -0.3 is 4.74 Å². The maximum Gasteiger partial charge on any atom is 0.337 e. The molecule has 0 unspecified atom stereocenters. The van der Waals surface area contributed by atoms with Gasteiger partial charge in [-0.3, -0.25) is 4.98 Å². The summed E-state index contributed by atoms with van der Waals surface area (Å²) in [6, 6.07) is 3.31. The van der Waals surface area contributed by atoms with Crippen molar-refractivity contribution in [2.75, 3.05) is 7.11 Å². The maximum absolute atomic E-state index is 10.9. The number of esters is 1. The van der Waals surface area contributed by atoms with E-state index >= 15 is 0 Å². The lowest BCUT2D eigenvalue weighted by atomic mass is 10.2. The van der Waals surface area contributed by atoms with Crippen LogP contribution in [0.25, 0.3) is 0 Å². The predicted octanol–water partition coefficient (Wildman–Crippen LogP) is 1.60. The maximum atomic E-state index is 10.9. The first-order valence-corrected chi connectivity index (χ1v) is 3.25. The molecule has 0 saturated heterocycles. The molecule has 0 spiro atoms. The van der Waals surface area contributed by atoms with E-state index in [-0.39, 0.29) is 18.4 Å². The van der Waals surface area contributed by atoms with Crippen molar-refractivity contribution in [2.45, 2.75) is 6.92 Å². The summed E-state index contributed by atoms with van der Waals surface area (Å²) in [4.78, 5) is 14.9. The third kappa shape index (κ3) is 2.51. The summed E-state index contributed by atoms with van der Waals surface area (Å²) in [6.07, 6.45) is 1.58. The number of halogens is 1. The second kappa shape index (κ2) is 4.72. The van der Waals surface area contributed by atoms with Crippen LogP contribution >= 0.6 is 12.4 Å². The van der Waals surface area contributed by atoms with E-state index in [1.807, 2.05) is 6.92 Å². The second-order valence-corrected chi connectivity index (χ2v) is 2.18. The van der Waals surface area contributed by atoms with Gasteiger partial charge in [-0.1, -0.05) is 0 Å². The van der Waals surface area contributed by atoms with E-state index in [0.717, 1.165) is 5.69 Å². The Labute approximate surface area is 77.2 Å². The average molecular weight is 188 g/mol. The number of hydrogen-bond donors (Lipinski definition) is 0. The molecular weight excluding hydrogens is 178 g/mol. The highest BCUT2D eigenvalue weighted by molar-refractivity contribution is 5.89. The molecule has 12 heavy (non-hydrogen) atoms. The fourth-order valence-corrected chi connectivity index (χ4v) is 0.790. The van der Waals surface area contributed by atoms with Crippen molar-refractivity contribution >= 4 is 18.4 Å². The van der Waals surface area contributed by atoms with Gasteiger partial charge in [-0.2, -0.15) is 0 Å². The van der Waals surface area contributed by atoms with Crippen molar-refractivity contribution in [3.8, 4) is 0 Å². The van der Waals surface area contributed by atoms with E-state index < -0.39 is 0 Å². The minimum atomic E-state index is -0.324. The minimum Gasteiger partial charge on any atom is -0.465 e.